The van der Waals surface area contributed by atoms with E-state index in [1.54, 1.807) is 30.6 Å². The Bertz CT molecular complexity index is 939. The Balaban J connectivity index is 1.85. The van der Waals surface area contributed by atoms with Crippen molar-refractivity contribution in [1.29, 1.82) is 0 Å². The van der Waals surface area contributed by atoms with E-state index in [2.05, 4.69) is 14.9 Å². The van der Waals surface area contributed by atoms with Gasteiger partial charge in [-0.1, -0.05) is 56.3 Å². The molecule has 0 aliphatic rings. The molecule has 0 saturated heterocycles. The molecule has 0 aliphatic heterocycles. The van der Waals surface area contributed by atoms with E-state index in [9.17, 15) is 8.42 Å². The van der Waals surface area contributed by atoms with Gasteiger partial charge in [0.2, 0.25) is 10.0 Å². The summed E-state index contributed by atoms with van der Waals surface area (Å²) in [6, 6.07) is 16.4. The van der Waals surface area contributed by atoms with Crippen molar-refractivity contribution in [3.8, 4) is 11.1 Å². The highest BCUT2D eigenvalue weighted by Crippen LogP contribution is 2.22. The zero-order chi connectivity index (χ0) is 18.6. The number of rotatable bonds is 7. The summed E-state index contributed by atoms with van der Waals surface area (Å²) in [5, 5.41) is 8.13. The fourth-order valence-electron chi connectivity index (χ4n) is 2.64. The first kappa shape index (κ1) is 18.3. The average molecular weight is 370 g/mol. The smallest absolute Gasteiger partial charge is 0.207 e. The molecule has 6 nitrogen and oxygen atoms in total. The molecule has 136 valence electrons. The van der Waals surface area contributed by atoms with E-state index in [-0.39, 0.29) is 16.9 Å². The summed E-state index contributed by atoms with van der Waals surface area (Å²) in [4.78, 5) is 1.74. The lowest BCUT2D eigenvalue weighted by Crippen LogP contribution is -2.41. The summed E-state index contributed by atoms with van der Waals surface area (Å²) in [6.45, 7) is 4.32. The summed E-state index contributed by atoms with van der Waals surface area (Å²) >= 11 is 0. The summed E-state index contributed by atoms with van der Waals surface area (Å²) in [7, 11) is -3.66. The molecule has 1 aromatic heterocycles. The molecule has 0 spiro atoms. The molecule has 7 heteroatoms. The SMILES string of the molecule is CC(C)[C@H](Cn1nccn1)NS(=O)(=O)c1cccc(-c2ccccc2)c1. The van der Waals surface area contributed by atoms with Gasteiger partial charge in [-0.05, 0) is 29.2 Å². The number of nitrogens with one attached hydrogen (secondary N) is 1. The van der Waals surface area contributed by atoms with Crippen LogP contribution in [-0.4, -0.2) is 29.5 Å². The quantitative estimate of drug-likeness (QED) is 0.694. The highest BCUT2D eigenvalue weighted by molar-refractivity contribution is 7.89. The molecule has 3 rings (SSSR count). The number of benzene rings is 2. The van der Waals surface area contributed by atoms with Crippen LogP contribution in [0.5, 0.6) is 0 Å². The van der Waals surface area contributed by atoms with Gasteiger partial charge in [-0.2, -0.15) is 15.0 Å². The second kappa shape index (κ2) is 7.80. The Kier molecular flexibility index (Phi) is 5.49. The number of aromatic nitrogens is 3. The number of sulfonamides is 1. The molecule has 1 heterocycles. The minimum absolute atomic E-state index is 0.0908. The maximum absolute atomic E-state index is 12.9. The molecular formula is C19H22N4O2S. The Morgan fingerprint density at radius 3 is 2.27 bits per heavy atom. The molecule has 1 atom stereocenters. The maximum Gasteiger partial charge on any atom is 0.240 e. The standard InChI is InChI=1S/C19H22N4O2S/c1-15(2)19(14-23-20-11-12-21-23)22-26(24,25)18-10-6-9-17(13-18)16-7-4-3-5-8-16/h3-13,15,19,22H,14H2,1-2H3/t19-/m0/s1. The molecule has 0 aliphatic carbocycles. The van der Waals surface area contributed by atoms with Crippen LogP contribution in [-0.2, 0) is 16.6 Å². The van der Waals surface area contributed by atoms with Crippen LogP contribution in [0.3, 0.4) is 0 Å². The highest BCUT2D eigenvalue weighted by atomic mass is 32.2. The lowest BCUT2D eigenvalue weighted by molar-refractivity contribution is 0.361. The topological polar surface area (TPSA) is 76.9 Å². The lowest BCUT2D eigenvalue weighted by Gasteiger charge is -2.22. The molecular weight excluding hydrogens is 348 g/mol. The van der Waals surface area contributed by atoms with Gasteiger partial charge in [-0.25, -0.2) is 13.1 Å². The van der Waals surface area contributed by atoms with Gasteiger partial charge >= 0.3 is 0 Å². The Labute approximate surface area is 153 Å². The molecule has 3 aromatic rings. The Morgan fingerprint density at radius 2 is 1.62 bits per heavy atom. The van der Waals surface area contributed by atoms with Gasteiger partial charge < -0.3 is 0 Å². The number of hydrogen-bond acceptors (Lipinski definition) is 4. The predicted octanol–water partition coefficient (Wildman–Crippen LogP) is 2.95. The summed E-state index contributed by atoms with van der Waals surface area (Å²) in [5.41, 5.74) is 1.84. The van der Waals surface area contributed by atoms with Crippen LogP contribution < -0.4 is 4.72 Å². The molecule has 1 N–H and O–H groups in total. The van der Waals surface area contributed by atoms with Crippen molar-refractivity contribution in [3.05, 3.63) is 67.0 Å². The minimum atomic E-state index is -3.66. The van der Waals surface area contributed by atoms with E-state index in [1.165, 1.54) is 4.80 Å². The van der Waals surface area contributed by atoms with Crippen molar-refractivity contribution >= 4 is 10.0 Å². The fraction of sp³-hybridized carbons (Fsp3) is 0.263. The lowest BCUT2D eigenvalue weighted by atomic mass is 10.1. The second-order valence-electron chi connectivity index (χ2n) is 6.45. The molecule has 26 heavy (non-hydrogen) atoms. The van der Waals surface area contributed by atoms with Crippen LogP contribution in [0, 0.1) is 5.92 Å². The second-order valence-corrected chi connectivity index (χ2v) is 8.16. The molecule has 0 amide bonds. The third-order valence-corrected chi connectivity index (χ3v) is 5.68. The van der Waals surface area contributed by atoms with Crippen LogP contribution >= 0.6 is 0 Å². The van der Waals surface area contributed by atoms with Gasteiger partial charge in [0, 0.05) is 6.04 Å². The molecule has 2 aromatic carbocycles. The Morgan fingerprint density at radius 1 is 0.962 bits per heavy atom. The van der Waals surface area contributed by atoms with E-state index in [4.69, 9.17) is 0 Å². The first-order chi connectivity index (χ1) is 12.5. The minimum Gasteiger partial charge on any atom is -0.207 e. The molecule has 0 bridgehead atoms. The molecule has 0 unspecified atom stereocenters. The van der Waals surface area contributed by atoms with Crippen molar-refractivity contribution in [3.63, 3.8) is 0 Å². The summed E-state index contributed by atoms with van der Waals surface area (Å²) < 4.78 is 28.6. The van der Waals surface area contributed by atoms with Gasteiger partial charge in [-0.3, -0.25) is 0 Å². The van der Waals surface area contributed by atoms with E-state index in [1.807, 2.05) is 50.2 Å². The number of nitrogens with zero attached hydrogens (tertiary/aromatic N) is 3. The highest BCUT2D eigenvalue weighted by Gasteiger charge is 2.23. The van der Waals surface area contributed by atoms with Crippen molar-refractivity contribution in [2.45, 2.75) is 31.3 Å². The van der Waals surface area contributed by atoms with Crippen molar-refractivity contribution in [2.75, 3.05) is 0 Å². The third kappa shape index (κ3) is 4.36. The number of hydrogen-bond donors (Lipinski definition) is 1. The van der Waals surface area contributed by atoms with Crippen LogP contribution in [0.1, 0.15) is 13.8 Å². The van der Waals surface area contributed by atoms with Crippen LogP contribution in [0.4, 0.5) is 0 Å². The first-order valence-electron chi connectivity index (χ1n) is 8.47. The van der Waals surface area contributed by atoms with Crippen LogP contribution in [0.25, 0.3) is 11.1 Å². The van der Waals surface area contributed by atoms with E-state index in [0.717, 1.165) is 11.1 Å². The zero-order valence-corrected chi connectivity index (χ0v) is 15.6. The molecule has 0 radical (unpaired) electrons. The van der Waals surface area contributed by atoms with Crippen LogP contribution in [0.2, 0.25) is 0 Å². The predicted molar refractivity (Wildman–Crippen MR) is 101 cm³/mol. The van der Waals surface area contributed by atoms with Gasteiger partial charge in [0.1, 0.15) is 0 Å². The van der Waals surface area contributed by atoms with Crippen molar-refractivity contribution < 1.29 is 8.42 Å². The van der Waals surface area contributed by atoms with Gasteiger partial charge in [0.05, 0.1) is 23.8 Å². The zero-order valence-electron chi connectivity index (χ0n) is 14.8. The normalized spacial score (nSPS) is 13.0. The Hall–Kier alpha value is -2.51. The monoisotopic (exact) mass is 370 g/mol. The molecule has 0 fully saturated rings. The van der Waals surface area contributed by atoms with Gasteiger partial charge in [0.25, 0.3) is 0 Å². The van der Waals surface area contributed by atoms with Gasteiger partial charge in [-0.15, -0.1) is 0 Å². The maximum atomic E-state index is 12.9. The average Bonchev–Trinajstić information content (AvgIpc) is 3.15. The fourth-order valence-corrected chi connectivity index (χ4v) is 4.06. The summed E-state index contributed by atoms with van der Waals surface area (Å²) in [6.07, 6.45) is 3.16. The van der Waals surface area contributed by atoms with E-state index < -0.39 is 10.0 Å². The van der Waals surface area contributed by atoms with Crippen LogP contribution in [0.15, 0.2) is 71.9 Å². The molecule has 0 saturated carbocycles. The van der Waals surface area contributed by atoms with E-state index in [0.29, 0.717) is 6.54 Å². The largest absolute Gasteiger partial charge is 0.240 e. The van der Waals surface area contributed by atoms with E-state index >= 15 is 0 Å². The first-order valence-corrected chi connectivity index (χ1v) is 9.96. The van der Waals surface area contributed by atoms with Crippen molar-refractivity contribution in [2.24, 2.45) is 5.92 Å². The van der Waals surface area contributed by atoms with Gasteiger partial charge in [0.15, 0.2) is 0 Å². The third-order valence-electron chi connectivity index (χ3n) is 4.19. The van der Waals surface area contributed by atoms with Crippen molar-refractivity contribution in [1.82, 2.24) is 19.7 Å². The summed E-state index contributed by atoms with van der Waals surface area (Å²) in [5.74, 6) is 0.0908.